The summed E-state index contributed by atoms with van der Waals surface area (Å²) in [4.78, 5) is 11.8. The summed E-state index contributed by atoms with van der Waals surface area (Å²) in [5.74, 6) is -0.0536. The Morgan fingerprint density at radius 1 is 1.41 bits per heavy atom. The van der Waals surface area contributed by atoms with Crippen LogP contribution in [0, 0.1) is 6.92 Å². The third kappa shape index (κ3) is 4.15. The molecule has 3 nitrogen and oxygen atoms in total. The van der Waals surface area contributed by atoms with E-state index in [1.54, 1.807) is 0 Å². The maximum absolute atomic E-state index is 11.8. The van der Waals surface area contributed by atoms with E-state index in [1.807, 2.05) is 50.3 Å². The van der Waals surface area contributed by atoms with E-state index in [-0.39, 0.29) is 5.91 Å². The molecule has 1 amide bonds. The molecule has 0 saturated heterocycles. The largest absolute Gasteiger partial charge is 0.404 e. The summed E-state index contributed by atoms with van der Waals surface area (Å²) < 4.78 is 0. The molecule has 0 aromatic heterocycles. The van der Waals surface area contributed by atoms with Crippen LogP contribution in [0.25, 0.3) is 0 Å². The lowest BCUT2D eigenvalue weighted by Gasteiger charge is -2.05. The van der Waals surface area contributed by atoms with Crippen molar-refractivity contribution in [3.05, 3.63) is 59.3 Å². The number of nitrogens with two attached hydrogens (primary N) is 1. The van der Waals surface area contributed by atoms with Gasteiger partial charge in [-0.25, -0.2) is 0 Å². The molecule has 0 spiro atoms. The summed E-state index contributed by atoms with van der Waals surface area (Å²) in [6.07, 6.45) is 5.27. The lowest BCUT2D eigenvalue weighted by molar-refractivity contribution is 0.0957. The fraction of sp³-hybridized carbons (Fsp3) is 0.214. The number of carbonyl (C=O) groups is 1. The van der Waals surface area contributed by atoms with E-state index in [1.165, 1.54) is 6.20 Å². The second kappa shape index (κ2) is 6.53. The first kappa shape index (κ1) is 13.0. The van der Waals surface area contributed by atoms with Gasteiger partial charge in [0.1, 0.15) is 0 Å². The number of benzene rings is 1. The quantitative estimate of drug-likeness (QED) is 0.779. The highest BCUT2D eigenvalue weighted by Gasteiger charge is 2.05. The minimum Gasteiger partial charge on any atom is -0.404 e. The van der Waals surface area contributed by atoms with Crippen LogP contribution in [0.3, 0.4) is 0 Å². The zero-order valence-electron chi connectivity index (χ0n) is 10.2. The molecule has 1 aromatic rings. The highest BCUT2D eigenvalue weighted by atomic mass is 16.1. The van der Waals surface area contributed by atoms with Crippen molar-refractivity contribution in [3.63, 3.8) is 0 Å². The van der Waals surface area contributed by atoms with Crippen molar-refractivity contribution in [1.82, 2.24) is 5.32 Å². The standard InChI is InChI=1S/C14H18N2O/c1-11(10-15)6-5-9-16-14(17)13-8-4-3-7-12(13)2/h3-8,10H,9,15H2,1-2H3,(H,16,17)/b6-5-,11-10-. The van der Waals surface area contributed by atoms with Gasteiger partial charge >= 0.3 is 0 Å². The molecule has 0 fully saturated rings. The van der Waals surface area contributed by atoms with Crippen LogP contribution in [-0.2, 0) is 0 Å². The van der Waals surface area contributed by atoms with Crippen molar-refractivity contribution in [2.75, 3.05) is 6.54 Å². The van der Waals surface area contributed by atoms with Crippen LogP contribution in [0.5, 0.6) is 0 Å². The Bertz CT molecular complexity index is 447. The number of hydrogen-bond donors (Lipinski definition) is 2. The number of rotatable bonds is 4. The van der Waals surface area contributed by atoms with Crippen molar-refractivity contribution in [3.8, 4) is 0 Å². The molecule has 0 unspecified atom stereocenters. The monoisotopic (exact) mass is 230 g/mol. The Morgan fingerprint density at radius 2 is 2.12 bits per heavy atom. The molecule has 3 heteroatoms. The molecule has 0 radical (unpaired) electrons. The molecule has 3 N–H and O–H groups in total. The summed E-state index contributed by atoms with van der Waals surface area (Å²) in [5.41, 5.74) is 7.99. The second-order valence-electron chi connectivity index (χ2n) is 3.84. The molecule has 0 atom stereocenters. The van der Waals surface area contributed by atoms with Gasteiger partial charge in [-0.2, -0.15) is 0 Å². The molecule has 0 aliphatic carbocycles. The van der Waals surface area contributed by atoms with E-state index in [4.69, 9.17) is 5.73 Å². The predicted octanol–water partition coefficient (Wildman–Crippen LogP) is 2.14. The number of nitrogens with one attached hydrogen (secondary N) is 1. The van der Waals surface area contributed by atoms with Gasteiger partial charge in [-0.3, -0.25) is 4.79 Å². The molecule has 0 saturated carbocycles. The predicted molar refractivity (Wildman–Crippen MR) is 70.6 cm³/mol. The molecule has 0 aliphatic heterocycles. The fourth-order valence-corrected chi connectivity index (χ4v) is 1.37. The van der Waals surface area contributed by atoms with E-state index >= 15 is 0 Å². The van der Waals surface area contributed by atoms with Crippen molar-refractivity contribution < 1.29 is 4.79 Å². The third-order valence-electron chi connectivity index (χ3n) is 2.41. The van der Waals surface area contributed by atoms with Crippen LogP contribution < -0.4 is 11.1 Å². The van der Waals surface area contributed by atoms with Crippen LogP contribution in [-0.4, -0.2) is 12.5 Å². The maximum atomic E-state index is 11.8. The first-order valence-corrected chi connectivity index (χ1v) is 5.54. The Labute approximate surface area is 102 Å². The smallest absolute Gasteiger partial charge is 0.251 e. The minimum atomic E-state index is -0.0536. The molecule has 1 aromatic carbocycles. The summed E-state index contributed by atoms with van der Waals surface area (Å²) in [6.45, 7) is 4.32. The maximum Gasteiger partial charge on any atom is 0.251 e. The van der Waals surface area contributed by atoms with Crippen LogP contribution >= 0.6 is 0 Å². The average Bonchev–Trinajstić information content (AvgIpc) is 2.34. The zero-order valence-corrected chi connectivity index (χ0v) is 10.2. The third-order valence-corrected chi connectivity index (χ3v) is 2.41. The first-order valence-electron chi connectivity index (χ1n) is 5.54. The number of hydrogen-bond acceptors (Lipinski definition) is 2. The molecular weight excluding hydrogens is 212 g/mol. The Balaban J connectivity index is 2.52. The summed E-state index contributed by atoms with van der Waals surface area (Å²) in [7, 11) is 0. The van der Waals surface area contributed by atoms with Crippen molar-refractivity contribution in [2.45, 2.75) is 13.8 Å². The van der Waals surface area contributed by atoms with Gasteiger partial charge in [-0.15, -0.1) is 0 Å². The van der Waals surface area contributed by atoms with Crippen LogP contribution in [0.1, 0.15) is 22.8 Å². The van der Waals surface area contributed by atoms with Crippen LogP contribution in [0.15, 0.2) is 48.2 Å². The van der Waals surface area contributed by atoms with Crippen LogP contribution in [0.4, 0.5) is 0 Å². The first-order chi connectivity index (χ1) is 8.15. The fourth-order valence-electron chi connectivity index (χ4n) is 1.37. The van der Waals surface area contributed by atoms with Gasteiger partial charge < -0.3 is 11.1 Å². The highest BCUT2D eigenvalue weighted by molar-refractivity contribution is 5.95. The number of allylic oxidation sites excluding steroid dienone is 2. The molecule has 0 aliphatic rings. The van der Waals surface area contributed by atoms with E-state index in [0.717, 1.165) is 11.1 Å². The van der Waals surface area contributed by atoms with Gasteiger partial charge in [0.15, 0.2) is 0 Å². The summed E-state index contributed by atoms with van der Waals surface area (Å²) >= 11 is 0. The molecular formula is C14H18N2O. The van der Waals surface area contributed by atoms with Crippen LogP contribution in [0.2, 0.25) is 0 Å². The average molecular weight is 230 g/mol. The lowest BCUT2D eigenvalue weighted by Crippen LogP contribution is -2.24. The van der Waals surface area contributed by atoms with E-state index in [0.29, 0.717) is 12.1 Å². The summed E-state index contributed by atoms with van der Waals surface area (Å²) in [5, 5.41) is 2.83. The number of aryl methyl sites for hydroxylation is 1. The number of carbonyl (C=O) groups excluding carboxylic acids is 1. The zero-order chi connectivity index (χ0) is 12.7. The Morgan fingerprint density at radius 3 is 2.76 bits per heavy atom. The molecule has 17 heavy (non-hydrogen) atoms. The lowest BCUT2D eigenvalue weighted by atomic mass is 10.1. The van der Waals surface area contributed by atoms with Gasteiger partial charge in [0.05, 0.1) is 0 Å². The van der Waals surface area contributed by atoms with Crippen molar-refractivity contribution in [2.24, 2.45) is 5.73 Å². The SMILES string of the molecule is CC(/C=C\CNC(=O)c1ccccc1C)=C/N. The summed E-state index contributed by atoms with van der Waals surface area (Å²) in [6, 6.07) is 7.52. The Hall–Kier alpha value is -2.03. The van der Waals surface area contributed by atoms with Crippen molar-refractivity contribution >= 4 is 5.91 Å². The topological polar surface area (TPSA) is 55.1 Å². The van der Waals surface area contributed by atoms with Crippen molar-refractivity contribution in [1.29, 1.82) is 0 Å². The van der Waals surface area contributed by atoms with E-state index < -0.39 is 0 Å². The van der Waals surface area contributed by atoms with Gasteiger partial charge in [0.25, 0.3) is 5.91 Å². The molecule has 0 bridgehead atoms. The van der Waals surface area contributed by atoms with E-state index in [9.17, 15) is 4.79 Å². The molecule has 0 heterocycles. The normalized spacial score (nSPS) is 11.8. The second-order valence-corrected chi connectivity index (χ2v) is 3.84. The molecule has 90 valence electrons. The van der Waals surface area contributed by atoms with Gasteiger partial charge in [0.2, 0.25) is 0 Å². The number of amides is 1. The van der Waals surface area contributed by atoms with Gasteiger partial charge in [-0.05, 0) is 37.3 Å². The van der Waals surface area contributed by atoms with Gasteiger partial charge in [0, 0.05) is 12.1 Å². The Kier molecular flexibility index (Phi) is 5.01. The van der Waals surface area contributed by atoms with E-state index in [2.05, 4.69) is 5.32 Å². The minimum absolute atomic E-state index is 0.0536. The molecule has 1 rings (SSSR count). The highest BCUT2D eigenvalue weighted by Crippen LogP contribution is 2.06. The van der Waals surface area contributed by atoms with Gasteiger partial charge in [-0.1, -0.05) is 30.4 Å².